The van der Waals surface area contributed by atoms with E-state index in [1.54, 1.807) is 0 Å². The zero-order valence-corrected chi connectivity index (χ0v) is 11.8. The molecular weight excluding hydrogens is 274 g/mol. The van der Waals surface area contributed by atoms with Crippen molar-refractivity contribution in [3.63, 3.8) is 0 Å². The van der Waals surface area contributed by atoms with Crippen molar-refractivity contribution in [1.82, 2.24) is 16.0 Å². The van der Waals surface area contributed by atoms with E-state index in [9.17, 15) is 19.8 Å². The first-order valence-corrected chi connectivity index (χ1v) is 6.83. The quantitative estimate of drug-likeness (QED) is 0.236. The lowest BCUT2D eigenvalue weighted by Gasteiger charge is -2.08. The third-order valence-electron chi connectivity index (χ3n) is 2.83. The Morgan fingerprint density at radius 3 is 2.52 bits per heavy atom. The van der Waals surface area contributed by atoms with Crippen LogP contribution in [0.1, 0.15) is 23.2 Å². The zero-order valence-electron chi connectivity index (χ0n) is 11.8. The number of hydrogen-bond donors (Lipinski definition) is 5. The van der Waals surface area contributed by atoms with Gasteiger partial charge >= 0.3 is 0 Å². The third kappa shape index (κ3) is 6.13. The number of benzene rings is 1. The minimum atomic E-state index is -0.418. The lowest BCUT2D eigenvalue weighted by atomic mass is 10.1. The van der Waals surface area contributed by atoms with Crippen molar-refractivity contribution in [1.29, 1.82) is 0 Å². The maximum absolute atomic E-state index is 11.8. The standard InChI is InChI=1S/C14H21N3O4/c18-10-16-8-2-6-15-7-3-9-17-14(21)11-4-1-5-12(19)13(11)20/h1,4-5,10,15,19-20H,2-3,6-9H2,(H,16,18)(H,17,21). The molecule has 0 bridgehead atoms. The van der Waals surface area contributed by atoms with Crippen LogP contribution in [0, 0.1) is 0 Å². The summed E-state index contributed by atoms with van der Waals surface area (Å²) in [5.41, 5.74) is 0.0582. The molecule has 2 amide bonds. The van der Waals surface area contributed by atoms with Gasteiger partial charge in [-0.3, -0.25) is 9.59 Å². The van der Waals surface area contributed by atoms with Crippen molar-refractivity contribution in [3.8, 4) is 11.5 Å². The summed E-state index contributed by atoms with van der Waals surface area (Å²) in [6, 6.07) is 4.26. The highest BCUT2D eigenvalue weighted by Gasteiger charge is 2.12. The Morgan fingerprint density at radius 1 is 1.10 bits per heavy atom. The van der Waals surface area contributed by atoms with E-state index >= 15 is 0 Å². The fourth-order valence-corrected chi connectivity index (χ4v) is 1.72. The summed E-state index contributed by atoms with van der Waals surface area (Å²) in [7, 11) is 0. The smallest absolute Gasteiger partial charge is 0.255 e. The molecule has 0 radical (unpaired) electrons. The Morgan fingerprint density at radius 2 is 1.81 bits per heavy atom. The normalized spacial score (nSPS) is 10.1. The molecular formula is C14H21N3O4. The zero-order chi connectivity index (χ0) is 15.5. The molecule has 0 fully saturated rings. The van der Waals surface area contributed by atoms with Crippen LogP contribution in [0.3, 0.4) is 0 Å². The number of amides is 2. The summed E-state index contributed by atoms with van der Waals surface area (Å²) in [5, 5.41) is 27.3. The van der Waals surface area contributed by atoms with Crippen molar-refractivity contribution in [2.75, 3.05) is 26.2 Å². The summed E-state index contributed by atoms with van der Waals surface area (Å²) < 4.78 is 0. The number of aromatic hydroxyl groups is 2. The second-order valence-electron chi connectivity index (χ2n) is 4.46. The van der Waals surface area contributed by atoms with Gasteiger partial charge in [0.2, 0.25) is 6.41 Å². The highest BCUT2D eigenvalue weighted by Crippen LogP contribution is 2.27. The molecule has 116 valence electrons. The fourth-order valence-electron chi connectivity index (χ4n) is 1.72. The van der Waals surface area contributed by atoms with E-state index in [1.807, 2.05) is 0 Å². The summed E-state index contributed by atoms with van der Waals surface area (Å²) in [6.07, 6.45) is 2.26. The van der Waals surface area contributed by atoms with Gasteiger partial charge in [-0.2, -0.15) is 0 Å². The Balaban J connectivity index is 2.14. The molecule has 1 aromatic rings. The molecule has 0 aliphatic rings. The highest BCUT2D eigenvalue weighted by atomic mass is 16.3. The van der Waals surface area contributed by atoms with Crippen LogP contribution < -0.4 is 16.0 Å². The number of nitrogens with one attached hydrogen (secondary N) is 3. The Bertz CT molecular complexity index is 466. The van der Waals surface area contributed by atoms with Gasteiger partial charge in [0.1, 0.15) is 0 Å². The van der Waals surface area contributed by atoms with Crippen LogP contribution in [0.25, 0.3) is 0 Å². The number of rotatable bonds is 10. The molecule has 7 nitrogen and oxygen atoms in total. The SMILES string of the molecule is O=CNCCCNCCCNC(=O)c1cccc(O)c1O. The van der Waals surface area contributed by atoms with Crippen molar-refractivity contribution >= 4 is 12.3 Å². The van der Waals surface area contributed by atoms with Crippen LogP contribution in [0.5, 0.6) is 11.5 Å². The molecule has 7 heteroatoms. The molecule has 5 N–H and O–H groups in total. The Labute approximate surface area is 123 Å². The molecule has 0 unspecified atom stereocenters. The first kappa shape index (κ1) is 16.8. The second-order valence-corrected chi connectivity index (χ2v) is 4.46. The van der Waals surface area contributed by atoms with Gasteiger partial charge in [-0.1, -0.05) is 6.07 Å². The second kappa shape index (κ2) is 9.60. The van der Waals surface area contributed by atoms with E-state index in [-0.39, 0.29) is 11.3 Å². The van der Waals surface area contributed by atoms with E-state index in [1.165, 1.54) is 18.2 Å². The van der Waals surface area contributed by atoms with Crippen molar-refractivity contribution in [2.24, 2.45) is 0 Å². The van der Waals surface area contributed by atoms with Gasteiger partial charge < -0.3 is 26.2 Å². The summed E-state index contributed by atoms with van der Waals surface area (Å²) >= 11 is 0. The average Bonchev–Trinajstić information content (AvgIpc) is 2.48. The molecule has 0 heterocycles. The number of hydrogen-bond acceptors (Lipinski definition) is 5. The van der Waals surface area contributed by atoms with Gasteiger partial charge in [-0.05, 0) is 38.1 Å². The molecule has 0 aliphatic carbocycles. The minimum absolute atomic E-state index is 0.0582. The van der Waals surface area contributed by atoms with Crippen molar-refractivity contribution in [3.05, 3.63) is 23.8 Å². The molecule has 0 saturated carbocycles. The van der Waals surface area contributed by atoms with Crippen LogP contribution in [0.2, 0.25) is 0 Å². The van der Waals surface area contributed by atoms with Crippen LogP contribution in [-0.2, 0) is 4.79 Å². The fraction of sp³-hybridized carbons (Fsp3) is 0.429. The molecule has 0 saturated heterocycles. The molecule has 0 spiro atoms. The number of carbonyl (C=O) groups is 2. The van der Waals surface area contributed by atoms with Gasteiger partial charge in [0, 0.05) is 13.1 Å². The van der Waals surface area contributed by atoms with Crippen LogP contribution in [-0.4, -0.2) is 48.7 Å². The summed E-state index contributed by atoms with van der Waals surface area (Å²) in [5.74, 6) is -1.14. The molecule has 1 aromatic carbocycles. The first-order valence-electron chi connectivity index (χ1n) is 6.83. The van der Waals surface area contributed by atoms with Gasteiger partial charge in [-0.25, -0.2) is 0 Å². The van der Waals surface area contributed by atoms with Crippen LogP contribution in [0.15, 0.2) is 18.2 Å². The summed E-state index contributed by atoms with van der Waals surface area (Å²) in [6.45, 7) is 2.65. The number of phenols is 2. The predicted molar refractivity (Wildman–Crippen MR) is 78.3 cm³/mol. The maximum Gasteiger partial charge on any atom is 0.255 e. The summed E-state index contributed by atoms with van der Waals surface area (Å²) in [4.78, 5) is 21.8. The van der Waals surface area contributed by atoms with Crippen LogP contribution in [0.4, 0.5) is 0 Å². The highest BCUT2D eigenvalue weighted by molar-refractivity contribution is 5.97. The topological polar surface area (TPSA) is 111 Å². The minimum Gasteiger partial charge on any atom is -0.504 e. The van der Waals surface area contributed by atoms with Gasteiger partial charge in [0.15, 0.2) is 11.5 Å². The van der Waals surface area contributed by atoms with E-state index in [0.717, 1.165) is 25.9 Å². The number of phenolic OH excluding ortho intramolecular Hbond substituents is 2. The van der Waals surface area contributed by atoms with Crippen LogP contribution >= 0.6 is 0 Å². The first-order chi connectivity index (χ1) is 10.2. The molecule has 0 aromatic heterocycles. The largest absolute Gasteiger partial charge is 0.504 e. The number of para-hydroxylation sites is 1. The molecule has 1 rings (SSSR count). The van der Waals surface area contributed by atoms with Crippen molar-refractivity contribution < 1.29 is 19.8 Å². The number of carbonyl (C=O) groups excluding carboxylic acids is 2. The molecule has 0 atom stereocenters. The van der Waals surface area contributed by atoms with E-state index in [2.05, 4.69) is 16.0 Å². The monoisotopic (exact) mass is 295 g/mol. The third-order valence-corrected chi connectivity index (χ3v) is 2.83. The van der Waals surface area contributed by atoms with E-state index < -0.39 is 11.7 Å². The Hall–Kier alpha value is -2.28. The van der Waals surface area contributed by atoms with Crippen molar-refractivity contribution in [2.45, 2.75) is 12.8 Å². The lowest BCUT2D eigenvalue weighted by molar-refractivity contribution is -0.109. The lowest BCUT2D eigenvalue weighted by Crippen LogP contribution is -2.28. The van der Waals surface area contributed by atoms with Gasteiger partial charge in [0.05, 0.1) is 5.56 Å². The maximum atomic E-state index is 11.8. The average molecular weight is 295 g/mol. The molecule has 21 heavy (non-hydrogen) atoms. The van der Waals surface area contributed by atoms with Gasteiger partial charge in [0.25, 0.3) is 5.91 Å². The molecule has 0 aliphatic heterocycles. The van der Waals surface area contributed by atoms with E-state index in [0.29, 0.717) is 19.5 Å². The Kier molecular flexibility index (Phi) is 7.67. The van der Waals surface area contributed by atoms with Gasteiger partial charge in [-0.15, -0.1) is 0 Å². The predicted octanol–water partition coefficient (Wildman–Crippen LogP) is -0.0566. The van der Waals surface area contributed by atoms with E-state index in [4.69, 9.17) is 0 Å².